The molecule has 1 atom stereocenters. The van der Waals surface area contributed by atoms with E-state index in [1.54, 1.807) is 6.07 Å². The van der Waals surface area contributed by atoms with Gasteiger partial charge in [0, 0.05) is 11.1 Å². The van der Waals surface area contributed by atoms with Gasteiger partial charge < -0.3 is 5.32 Å². The maximum atomic E-state index is 13.4. The minimum Gasteiger partial charge on any atom is -0.340 e. The Kier molecular flexibility index (Phi) is 4.58. The first-order valence-corrected chi connectivity index (χ1v) is 9.75. The molecule has 1 N–H and O–H groups in total. The monoisotopic (exact) mass is 437 g/mol. The van der Waals surface area contributed by atoms with Crippen LogP contribution in [-0.2, 0) is 6.18 Å². The van der Waals surface area contributed by atoms with E-state index in [0.29, 0.717) is 28.1 Å². The van der Waals surface area contributed by atoms with Crippen LogP contribution in [0.3, 0.4) is 0 Å². The molecule has 3 aromatic carbocycles. The molecule has 1 amide bonds. The number of benzene rings is 3. The van der Waals surface area contributed by atoms with Gasteiger partial charge in [-0.25, -0.2) is 9.07 Å². The Morgan fingerprint density at radius 1 is 0.906 bits per heavy atom. The molecule has 4 nitrogen and oxygen atoms in total. The maximum Gasteiger partial charge on any atom is 0.416 e. The predicted molar refractivity (Wildman–Crippen MR) is 110 cm³/mol. The van der Waals surface area contributed by atoms with Crippen molar-refractivity contribution < 1.29 is 22.4 Å². The highest BCUT2D eigenvalue weighted by Gasteiger charge is 2.39. The Hall–Kier alpha value is -3.94. The molecule has 0 aliphatic carbocycles. The predicted octanol–water partition coefficient (Wildman–Crippen LogP) is 5.53. The fourth-order valence-electron chi connectivity index (χ4n) is 3.92. The lowest BCUT2D eigenvalue weighted by Crippen LogP contribution is -2.23. The number of hydrogen-bond donors (Lipinski definition) is 1. The summed E-state index contributed by atoms with van der Waals surface area (Å²) in [4.78, 5) is 13.0. The van der Waals surface area contributed by atoms with E-state index >= 15 is 0 Å². The van der Waals surface area contributed by atoms with Crippen molar-refractivity contribution in [3.63, 3.8) is 0 Å². The molecule has 1 aromatic heterocycles. The molecule has 0 saturated heterocycles. The zero-order valence-electron chi connectivity index (χ0n) is 16.4. The van der Waals surface area contributed by atoms with Gasteiger partial charge in [0.05, 0.1) is 23.0 Å². The Bertz CT molecular complexity index is 1310. The number of rotatable bonds is 3. The van der Waals surface area contributed by atoms with Crippen molar-refractivity contribution in [2.75, 3.05) is 0 Å². The number of nitrogens with zero attached hydrogens (tertiary/aromatic N) is 2. The molecule has 8 heteroatoms. The lowest BCUT2D eigenvalue weighted by molar-refractivity contribution is -0.137. The highest BCUT2D eigenvalue weighted by atomic mass is 19.4. The largest absolute Gasteiger partial charge is 0.416 e. The van der Waals surface area contributed by atoms with Crippen molar-refractivity contribution in [3.8, 4) is 16.9 Å². The summed E-state index contributed by atoms with van der Waals surface area (Å²) in [6.45, 7) is 0. The molecule has 160 valence electrons. The van der Waals surface area contributed by atoms with Crippen LogP contribution in [0.5, 0.6) is 0 Å². The zero-order valence-corrected chi connectivity index (χ0v) is 16.4. The van der Waals surface area contributed by atoms with Gasteiger partial charge in [-0.3, -0.25) is 4.79 Å². The van der Waals surface area contributed by atoms with Gasteiger partial charge in [-0.2, -0.15) is 18.3 Å². The van der Waals surface area contributed by atoms with Crippen LogP contribution in [0.4, 0.5) is 17.6 Å². The molecule has 1 aliphatic heterocycles. The summed E-state index contributed by atoms with van der Waals surface area (Å²) in [7, 11) is 0. The minimum atomic E-state index is -4.51. The third-order valence-electron chi connectivity index (χ3n) is 5.37. The molecule has 4 aromatic rings. The van der Waals surface area contributed by atoms with Crippen molar-refractivity contribution in [1.82, 2.24) is 15.1 Å². The molecule has 0 radical (unpaired) electrons. The molecule has 2 heterocycles. The highest BCUT2D eigenvalue weighted by Crippen LogP contribution is 2.40. The van der Waals surface area contributed by atoms with Gasteiger partial charge >= 0.3 is 6.18 Å². The highest BCUT2D eigenvalue weighted by molar-refractivity contribution is 6.01. The van der Waals surface area contributed by atoms with Crippen LogP contribution in [0.15, 0.2) is 78.9 Å². The number of aromatic nitrogens is 2. The summed E-state index contributed by atoms with van der Waals surface area (Å²) >= 11 is 0. The quantitative estimate of drug-likeness (QED) is 0.429. The first-order valence-electron chi connectivity index (χ1n) is 9.75. The summed E-state index contributed by atoms with van der Waals surface area (Å²) in [6, 6.07) is 18.6. The summed E-state index contributed by atoms with van der Waals surface area (Å²) in [5.41, 5.74) is 1.81. The van der Waals surface area contributed by atoms with Crippen LogP contribution in [0.2, 0.25) is 0 Å². The van der Waals surface area contributed by atoms with Gasteiger partial charge in [-0.05, 0) is 42.0 Å². The van der Waals surface area contributed by atoms with Crippen molar-refractivity contribution in [2.24, 2.45) is 0 Å². The Labute approximate surface area is 180 Å². The van der Waals surface area contributed by atoms with E-state index < -0.39 is 29.5 Å². The second-order valence-electron chi connectivity index (χ2n) is 7.39. The van der Waals surface area contributed by atoms with E-state index in [2.05, 4.69) is 10.4 Å². The van der Waals surface area contributed by atoms with Crippen molar-refractivity contribution in [1.29, 1.82) is 0 Å². The average molecular weight is 437 g/mol. The van der Waals surface area contributed by atoms with Crippen LogP contribution in [-0.4, -0.2) is 15.7 Å². The van der Waals surface area contributed by atoms with Crippen LogP contribution in [0, 0.1) is 5.82 Å². The second-order valence-corrected chi connectivity index (χ2v) is 7.39. The maximum absolute atomic E-state index is 13.4. The molecular weight excluding hydrogens is 422 g/mol. The van der Waals surface area contributed by atoms with E-state index in [1.165, 1.54) is 35.0 Å². The number of alkyl halides is 3. The SMILES string of the molecule is O=C1NC(c2cccc(C(F)(F)F)c2)c2c(-c3ccccc3)nn(-c3ccc(F)cc3)c21. The van der Waals surface area contributed by atoms with Crippen LogP contribution in [0.1, 0.15) is 33.2 Å². The smallest absolute Gasteiger partial charge is 0.340 e. The Morgan fingerprint density at radius 2 is 1.62 bits per heavy atom. The van der Waals surface area contributed by atoms with Gasteiger partial charge in [0.2, 0.25) is 0 Å². The molecule has 0 saturated carbocycles. The number of hydrogen-bond acceptors (Lipinski definition) is 2. The number of carbonyl (C=O) groups is 1. The molecule has 32 heavy (non-hydrogen) atoms. The fraction of sp³-hybridized carbons (Fsp3) is 0.0833. The molecule has 0 bridgehead atoms. The first kappa shape index (κ1) is 20.0. The zero-order chi connectivity index (χ0) is 22.5. The molecule has 1 aliphatic rings. The van der Waals surface area contributed by atoms with Gasteiger partial charge in [-0.15, -0.1) is 0 Å². The Balaban J connectivity index is 1.73. The molecule has 1 unspecified atom stereocenters. The van der Waals surface area contributed by atoms with Gasteiger partial charge in [0.1, 0.15) is 11.5 Å². The van der Waals surface area contributed by atoms with E-state index in [4.69, 9.17) is 0 Å². The molecular formula is C24H15F4N3O. The summed E-state index contributed by atoms with van der Waals surface area (Å²) in [5, 5.41) is 7.40. The standard InChI is InChI=1S/C24H15F4N3O/c25-17-9-11-18(12-10-17)31-22-19(21(30-31)14-5-2-1-3-6-14)20(29-23(22)32)15-7-4-8-16(13-15)24(26,27)28/h1-13,20H,(H,29,32). The minimum absolute atomic E-state index is 0.206. The van der Waals surface area contributed by atoms with E-state index in [9.17, 15) is 22.4 Å². The number of halogens is 4. The topological polar surface area (TPSA) is 46.9 Å². The first-order chi connectivity index (χ1) is 15.3. The van der Waals surface area contributed by atoms with Crippen molar-refractivity contribution in [3.05, 3.63) is 107 Å². The Morgan fingerprint density at radius 3 is 2.31 bits per heavy atom. The number of nitrogens with one attached hydrogen (secondary N) is 1. The molecule has 5 rings (SSSR count). The number of amides is 1. The molecule has 0 spiro atoms. The lowest BCUT2D eigenvalue weighted by atomic mass is 9.95. The lowest BCUT2D eigenvalue weighted by Gasteiger charge is -2.15. The third kappa shape index (κ3) is 3.33. The second kappa shape index (κ2) is 7.33. The van der Waals surface area contributed by atoms with Crippen LogP contribution in [0.25, 0.3) is 16.9 Å². The average Bonchev–Trinajstić information content (AvgIpc) is 3.33. The molecule has 0 fully saturated rings. The van der Waals surface area contributed by atoms with E-state index in [1.807, 2.05) is 30.3 Å². The summed E-state index contributed by atoms with van der Waals surface area (Å²) < 4.78 is 54.7. The third-order valence-corrected chi connectivity index (χ3v) is 5.37. The number of carbonyl (C=O) groups excluding carboxylic acids is 1. The number of fused-ring (bicyclic) bond motifs is 1. The van der Waals surface area contributed by atoms with Crippen molar-refractivity contribution >= 4 is 5.91 Å². The summed E-state index contributed by atoms with van der Waals surface area (Å²) in [5.74, 6) is -0.909. The van der Waals surface area contributed by atoms with E-state index in [-0.39, 0.29) is 5.69 Å². The van der Waals surface area contributed by atoms with Gasteiger partial charge in [0.25, 0.3) is 5.91 Å². The van der Waals surface area contributed by atoms with Crippen LogP contribution >= 0.6 is 0 Å². The van der Waals surface area contributed by atoms with Gasteiger partial charge in [0.15, 0.2) is 0 Å². The normalized spacial score (nSPS) is 15.5. The van der Waals surface area contributed by atoms with Gasteiger partial charge in [-0.1, -0.05) is 42.5 Å². The van der Waals surface area contributed by atoms with Crippen LogP contribution < -0.4 is 5.32 Å². The van der Waals surface area contributed by atoms with Crippen molar-refractivity contribution in [2.45, 2.75) is 12.2 Å². The fourth-order valence-corrected chi connectivity index (χ4v) is 3.92. The summed E-state index contributed by atoms with van der Waals surface area (Å²) in [6.07, 6.45) is -4.51. The van der Waals surface area contributed by atoms with E-state index in [0.717, 1.165) is 12.1 Å².